The van der Waals surface area contributed by atoms with Crippen molar-refractivity contribution < 1.29 is 9.63 Å². The molecular weight excluding hydrogens is 300 g/mol. The molecule has 0 unspecified atom stereocenters. The SMILES string of the molecule is Cc1cc([C@H]2CCCCCN2Cc2cc(Cl)ccc2O)on1. The first-order chi connectivity index (χ1) is 10.6. The number of aromatic hydroxyl groups is 1. The van der Waals surface area contributed by atoms with Crippen LogP contribution in [0, 0.1) is 6.92 Å². The number of phenols is 1. The molecule has 0 radical (unpaired) electrons. The fourth-order valence-electron chi connectivity index (χ4n) is 3.12. The molecule has 3 rings (SSSR count). The average Bonchev–Trinajstić information content (AvgIpc) is 2.78. The van der Waals surface area contributed by atoms with Gasteiger partial charge in [0.2, 0.25) is 0 Å². The zero-order chi connectivity index (χ0) is 15.5. The van der Waals surface area contributed by atoms with Gasteiger partial charge in [0, 0.05) is 23.2 Å². The standard InChI is InChI=1S/C17H21ClN2O2/c1-12-9-17(22-19-12)15-5-3-2-4-8-20(15)11-13-10-14(18)6-7-16(13)21/h6-7,9-10,15,21H,2-5,8,11H2,1H3/t15-/m1/s1. The van der Waals surface area contributed by atoms with Crippen LogP contribution in [0.25, 0.3) is 0 Å². The van der Waals surface area contributed by atoms with E-state index < -0.39 is 0 Å². The summed E-state index contributed by atoms with van der Waals surface area (Å²) in [6, 6.07) is 7.43. The topological polar surface area (TPSA) is 49.5 Å². The van der Waals surface area contributed by atoms with Crippen LogP contribution >= 0.6 is 11.6 Å². The molecule has 1 atom stereocenters. The predicted octanol–water partition coefficient (Wildman–Crippen LogP) is 4.46. The van der Waals surface area contributed by atoms with E-state index in [0.29, 0.717) is 17.3 Å². The highest BCUT2D eigenvalue weighted by Crippen LogP contribution is 2.33. The summed E-state index contributed by atoms with van der Waals surface area (Å²) in [5.74, 6) is 1.21. The highest BCUT2D eigenvalue weighted by molar-refractivity contribution is 6.30. The molecule has 0 spiro atoms. The lowest BCUT2D eigenvalue weighted by molar-refractivity contribution is 0.158. The van der Waals surface area contributed by atoms with Crippen LogP contribution in [0.15, 0.2) is 28.8 Å². The molecule has 2 heterocycles. The molecule has 1 N–H and O–H groups in total. The molecular formula is C17H21ClN2O2. The first-order valence-electron chi connectivity index (χ1n) is 7.78. The molecule has 0 bridgehead atoms. The summed E-state index contributed by atoms with van der Waals surface area (Å²) in [5.41, 5.74) is 1.76. The van der Waals surface area contributed by atoms with Gasteiger partial charge in [0.05, 0.1) is 11.7 Å². The summed E-state index contributed by atoms with van der Waals surface area (Å²) in [6.07, 6.45) is 4.62. The summed E-state index contributed by atoms with van der Waals surface area (Å²) < 4.78 is 5.50. The molecule has 0 aliphatic carbocycles. The fraction of sp³-hybridized carbons (Fsp3) is 0.471. The predicted molar refractivity (Wildman–Crippen MR) is 86.0 cm³/mol. The summed E-state index contributed by atoms with van der Waals surface area (Å²) in [7, 11) is 0. The summed E-state index contributed by atoms with van der Waals surface area (Å²) in [5, 5.41) is 14.7. The van der Waals surface area contributed by atoms with Crippen LogP contribution in [0.5, 0.6) is 5.75 Å². The lowest BCUT2D eigenvalue weighted by atomic mass is 10.1. The van der Waals surface area contributed by atoms with Gasteiger partial charge < -0.3 is 9.63 Å². The van der Waals surface area contributed by atoms with Crippen molar-refractivity contribution in [3.63, 3.8) is 0 Å². The van der Waals surface area contributed by atoms with E-state index in [1.807, 2.05) is 19.1 Å². The zero-order valence-corrected chi connectivity index (χ0v) is 13.5. The Morgan fingerprint density at radius 3 is 2.95 bits per heavy atom. The second-order valence-electron chi connectivity index (χ2n) is 5.98. The summed E-state index contributed by atoms with van der Waals surface area (Å²) in [4.78, 5) is 2.36. The molecule has 1 aromatic heterocycles. The van der Waals surface area contributed by atoms with Crippen molar-refractivity contribution in [3.8, 4) is 5.75 Å². The van der Waals surface area contributed by atoms with Crippen molar-refractivity contribution in [2.75, 3.05) is 6.54 Å². The van der Waals surface area contributed by atoms with Crippen molar-refractivity contribution in [1.82, 2.24) is 10.1 Å². The quantitative estimate of drug-likeness (QED) is 0.907. The van der Waals surface area contributed by atoms with Crippen molar-refractivity contribution in [3.05, 3.63) is 46.3 Å². The van der Waals surface area contributed by atoms with Gasteiger partial charge in [-0.3, -0.25) is 4.90 Å². The minimum atomic E-state index is 0.210. The van der Waals surface area contributed by atoms with Gasteiger partial charge in [-0.15, -0.1) is 0 Å². The zero-order valence-electron chi connectivity index (χ0n) is 12.8. The molecule has 4 nitrogen and oxygen atoms in total. The maximum atomic E-state index is 10.1. The first kappa shape index (κ1) is 15.4. The van der Waals surface area contributed by atoms with Gasteiger partial charge >= 0.3 is 0 Å². The smallest absolute Gasteiger partial charge is 0.154 e. The van der Waals surface area contributed by atoms with Crippen LogP contribution in [0.4, 0.5) is 0 Å². The Hall–Kier alpha value is -1.52. The van der Waals surface area contributed by atoms with Gasteiger partial charge in [0.15, 0.2) is 5.76 Å². The molecule has 0 amide bonds. The Morgan fingerprint density at radius 1 is 1.32 bits per heavy atom. The van der Waals surface area contributed by atoms with Gasteiger partial charge in [-0.1, -0.05) is 29.6 Å². The maximum Gasteiger partial charge on any atom is 0.154 e. The Labute approximate surface area is 135 Å². The average molecular weight is 321 g/mol. The number of rotatable bonds is 3. The number of benzene rings is 1. The second-order valence-corrected chi connectivity index (χ2v) is 6.42. The van der Waals surface area contributed by atoms with Crippen LogP contribution in [-0.2, 0) is 6.54 Å². The van der Waals surface area contributed by atoms with E-state index in [9.17, 15) is 5.11 Å². The van der Waals surface area contributed by atoms with Crippen LogP contribution < -0.4 is 0 Å². The molecule has 1 aliphatic heterocycles. The van der Waals surface area contributed by atoms with Gasteiger partial charge in [-0.2, -0.15) is 0 Å². The highest BCUT2D eigenvalue weighted by atomic mass is 35.5. The van der Waals surface area contributed by atoms with Gasteiger partial charge in [-0.25, -0.2) is 0 Å². The minimum absolute atomic E-state index is 0.210. The Balaban J connectivity index is 1.85. The number of nitrogens with zero attached hydrogens (tertiary/aromatic N) is 2. The van der Waals surface area contributed by atoms with Crippen molar-refractivity contribution in [2.24, 2.45) is 0 Å². The van der Waals surface area contributed by atoms with E-state index >= 15 is 0 Å². The fourth-order valence-corrected chi connectivity index (χ4v) is 3.31. The van der Waals surface area contributed by atoms with E-state index in [2.05, 4.69) is 10.1 Å². The number of hydrogen-bond acceptors (Lipinski definition) is 4. The number of aromatic nitrogens is 1. The largest absolute Gasteiger partial charge is 0.508 e. The third-order valence-electron chi connectivity index (χ3n) is 4.25. The second kappa shape index (κ2) is 6.71. The molecule has 1 aliphatic rings. The van der Waals surface area contributed by atoms with Gasteiger partial charge in [0.25, 0.3) is 0 Å². The van der Waals surface area contributed by atoms with E-state index in [1.54, 1.807) is 12.1 Å². The van der Waals surface area contributed by atoms with E-state index in [-0.39, 0.29) is 6.04 Å². The van der Waals surface area contributed by atoms with Crippen molar-refractivity contribution >= 4 is 11.6 Å². The number of likely N-dealkylation sites (tertiary alicyclic amines) is 1. The monoisotopic (exact) mass is 320 g/mol. The van der Waals surface area contributed by atoms with Gasteiger partial charge in [0.1, 0.15) is 5.75 Å². The van der Waals surface area contributed by atoms with Crippen LogP contribution in [0.2, 0.25) is 5.02 Å². The lowest BCUT2D eigenvalue weighted by Crippen LogP contribution is -2.28. The number of aryl methyl sites for hydroxylation is 1. The van der Waals surface area contributed by atoms with Crippen LogP contribution in [0.1, 0.15) is 48.7 Å². The summed E-state index contributed by atoms with van der Waals surface area (Å²) >= 11 is 6.07. The minimum Gasteiger partial charge on any atom is -0.508 e. The van der Waals surface area contributed by atoms with E-state index in [0.717, 1.165) is 36.4 Å². The normalized spacial score (nSPS) is 20.0. The number of hydrogen-bond donors (Lipinski definition) is 1. The molecule has 22 heavy (non-hydrogen) atoms. The molecule has 1 saturated heterocycles. The molecule has 1 fully saturated rings. The first-order valence-corrected chi connectivity index (χ1v) is 8.16. The number of halogens is 1. The van der Waals surface area contributed by atoms with Crippen LogP contribution in [-0.4, -0.2) is 21.7 Å². The van der Waals surface area contributed by atoms with Crippen molar-refractivity contribution in [1.29, 1.82) is 0 Å². The Kier molecular flexibility index (Phi) is 4.69. The van der Waals surface area contributed by atoms with Crippen LogP contribution in [0.3, 0.4) is 0 Å². The summed E-state index contributed by atoms with van der Waals surface area (Å²) in [6.45, 7) is 3.59. The van der Waals surface area contributed by atoms with Crippen molar-refractivity contribution in [2.45, 2.75) is 45.2 Å². The van der Waals surface area contributed by atoms with Gasteiger partial charge in [-0.05, 0) is 44.5 Å². The maximum absolute atomic E-state index is 10.1. The Bertz CT molecular complexity index is 641. The number of phenolic OH excluding ortho intramolecular Hbond substituents is 1. The third-order valence-corrected chi connectivity index (χ3v) is 4.49. The lowest BCUT2D eigenvalue weighted by Gasteiger charge is -2.28. The molecule has 118 valence electrons. The molecule has 0 saturated carbocycles. The van der Waals surface area contributed by atoms with E-state index in [1.165, 1.54) is 12.8 Å². The molecule has 2 aromatic rings. The highest BCUT2D eigenvalue weighted by Gasteiger charge is 2.26. The third kappa shape index (κ3) is 3.45. The van der Waals surface area contributed by atoms with E-state index in [4.69, 9.17) is 16.1 Å². The molecule has 5 heteroatoms. The Morgan fingerprint density at radius 2 is 2.18 bits per heavy atom. The molecule has 1 aromatic carbocycles.